The first kappa shape index (κ1) is 27.4. The highest BCUT2D eigenvalue weighted by molar-refractivity contribution is 5.35. The highest BCUT2D eigenvalue weighted by atomic mass is 19.4. The molecule has 0 unspecified atom stereocenters. The third-order valence-electron chi connectivity index (χ3n) is 6.86. The fourth-order valence-electron chi connectivity index (χ4n) is 4.59. The maximum Gasteiger partial charge on any atom is 0.416 e. The summed E-state index contributed by atoms with van der Waals surface area (Å²) >= 11 is 0. The summed E-state index contributed by atoms with van der Waals surface area (Å²) in [4.78, 5) is 15.9. The Labute approximate surface area is 213 Å². The fourth-order valence-corrected chi connectivity index (χ4v) is 4.59. The first-order valence-corrected chi connectivity index (χ1v) is 11.5. The maximum atomic E-state index is 13.3. The average molecular weight is 539 g/mol. The van der Waals surface area contributed by atoms with Crippen molar-refractivity contribution in [3.63, 3.8) is 0 Å². The lowest BCUT2D eigenvalue weighted by molar-refractivity contribution is -0.143. The Morgan fingerprint density at radius 2 is 1.71 bits per heavy atom. The van der Waals surface area contributed by atoms with Crippen LogP contribution in [-0.4, -0.2) is 27.9 Å². The van der Waals surface area contributed by atoms with Crippen LogP contribution in [0.1, 0.15) is 48.1 Å². The molecule has 1 aliphatic rings. The Balaban J connectivity index is 1.63. The minimum atomic E-state index is -4.97. The molecule has 4 rings (SSSR count). The molecule has 2 heterocycles. The molecule has 202 valence electrons. The number of hydrogen-bond donors (Lipinski definition) is 2. The van der Waals surface area contributed by atoms with Crippen molar-refractivity contribution >= 4 is 0 Å². The molecule has 0 aliphatic carbocycles. The summed E-state index contributed by atoms with van der Waals surface area (Å²) in [6.45, 7) is 9.02. The van der Waals surface area contributed by atoms with Crippen LogP contribution in [0, 0.1) is 6.57 Å². The van der Waals surface area contributed by atoms with Gasteiger partial charge in [0.15, 0.2) is 0 Å². The van der Waals surface area contributed by atoms with Gasteiger partial charge < -0.3 is 4.74 Å². The summed E-state index contributed by atoms with van der Waals surface area (Å²) in [7, 11) is 0. The van der Waals surface area contributed by atoms with E-state index >= 15 is 0 Å². The van der Waals surface area contributed by atoms with Gasteiger partial charge in [0, 0.05) is 0 Å². The number of hydrogen-bond acceptors (Lipinski definition) is 4. The van der Waals surface area contributed by atoms with Crippen molar-refractivity contribution in [1.82, 2.24) is 20.1 Å². The second-order valence-corrected chi connectivity index (χ2v) is 9.22. The van der Waals surface area contributed by atoms with Crippen LogP contribution in [0.4, 0.5) is 26.3 Å². The third kappa shape index (κ3) is 5.32. The molecule has 2 aromatic carbocycles. The van der Waals surface area contributed by atoms with Crippen LogP contribution in [0.5, 0.6) is 0 Å². The highest BCUT2D eigenvalue weighted by Crippen LogP contribution is 2.41. The molecule has 1 fully saturated rings. The zero-order valence-corrected chi connectivity index (χ0v) is 20.0. The van der Waals surface area contributed by atoms with Crippen molar-refractivity contribution < 1.29 is 31.1 Å². The van der Waals surface area contributed by atoms with Gasteiger partial charge in [-0.1, -0.05) is 30.3 Å². The monoisotopic (exact) mass is 539 g/mol. The van der Waals surface area contributed by atoms with E-state index in [-0.39, 0.29) is 37.6 Å². The number of benzene rings is 2. The molecule has 2 N–H and O–H groups in total. The quantitative estimate of drug-likeness (QED) is 0.332. The van der Waals surface area contributed by atoms with Crippen LogP contribution in [-0.2, 0) is 28.3 Å². The molecule has 3 atom stereocenters. The number of aromatic nitrogens is 3. The summed E-state index contributed by atoms with van der Waals surface area (Å²) in [5.41, 5.74) is -5.10. The molecule has 13 heteroatoms. The van der Waals surface area contributed by atoms with Gasteiger partial charge in [-0.05, 0) is 42.7 Å². The van der Waals surface area contributed by atoms with Crippen LogP contribution in [0.3, 0.4) is 0 Å². The summed E-state index contributed by atoms with van der Waals surface area (Å²) in [5.74, 6) is 0. The van der Waals surface area contributed by atoms with Gasteiger partial charge in [-0.2, -0.15) is 31.4 Å². The van der Waals surface area contributed by atoms with E-state index < -0.39 is 46.5 Å². The van der Waals surface area contributed by atoms with E-state index in [1.54, 1.807) is 18.2 Å². The van der Waals surface area contributed by atoms with Crippen molar-refractivity contribution in [2.75, 3.05) is 13.2 Å². The first-order valence-electron chi connectivity index (χ1n) is 11.5. The Hall–Kier alpha value is -3.63. The summed E-state index contributed by atoms with van der Waals surface area (Å²) in [5, 5.41) is 9.25. The van der Waals surface area contributed by atoms with E-state index in [2.05, 4.69) is 20.4 Å². The van der Waals surface area contributed by atoms with Gasteiger partial charge in [0.05, 0.1) is 42.3 Å². The van der Waals surface area contributed by atoms with Gasteiger partial charge in [0.2, 0.25) is 0 Å². The van der Waals surface area contributed by atoms with E-state index in [4.69, 9.17) is 11.3 Å². The third-order valence-corrected chi connectivity index (χ3v) is 6.86. The molecule has 1 saturated heterocycles. The van der Waals surface area contributed by atoms with Gasteiger partial charge in [-0.15, -0.1) is 0 Å². The molecule has 0 radical (unpaired) electrons. The van der Waals surface area contributed by atoms with Gasteiger partial charge >= 0.3 is 23.7 Å². The number of nitrogens with zero attached hydrogens (tertiary/aromatic N) is 3. The molecule has 0 spiro atoms. The second-order valence-electron chi connectivity index (χ2n) is 9.22. The van der Waals surface area contributed by atoms with Gasteiger partial charge in [-0.3, -0.25) is 10.2 Å². The lowest BCUT2D eigenvalue weighted by Gasteiger charge is -2.42. The molecule has 38 heavy (non-hydrogen) atoms. The van der Waals surface area contributed by atoms with Crippen molar-refractivity contribution in [3.05, 3.63) is 99.0 Å². The largest absolute Gasteiger partial charge is 0.416 e. The van der Waals surface area contributed by atoms with Crippen LogP contribution in [0.15, 0.2) is 59.7 Å². The smallest absolute Gasteiger partial charge is 0.372 e. The summed E-state index contributed by atoms with van der Waals surface area (Å²) in [6, 6.07) is 10.3. The van der Waals surface area contributed by atoms with E-state index in [1.807, 2.05) is 12.1 Å². The number of aromatic amines is 1. The molecule has 3 aromatic rings. The number of nitrogens with one attached hydrogen (secondary N) is 2. The van der Waals surface area contributed by atoms with E-state index in [0.717, 1.165) is 5.56 Å². The van der Waals surface area contributed by atoms with Gasteiger partial charge in [-0.25, -0.2) is 21.0 Å². The molecule has 0 bridgehead atoms. The molecule has 0 amide bonds. The van der Waals surface area contributed by atoms with Crippen molar-refractivity contribution in [1.29, 1.82) is 0 Å². The molecule has 1 aromatic heterocycles. The van der Waals surface area contributed by atoms with Gasteiger partial charge in [0.25, 0.3) is 0 Å². The predicted octanol–water partition coefficient (Wildman–Crippen LogP) is 5.24. The fraction of sp³-hybridized carbons (Fsp3) is 0.400. The Bertz CT molecular complexity index is 1330. The number of alkyl halides is 6. The van der Waals surface area contributed by atoms with E-state index in [9.17, 15) is 31.1 Å². The zero-order valence-electron chi connectivity index (χ0n) is 20.0. The molecule has 7 nitrogen and oxygen atoms in total. The minimum absolute atomic E-state index is 0.0182. The maximum absolute atomic E-state index is 13.3. The first-order chi connectivity index (χ1) is 17.8. The Kier molecular flexibility index (Phi) is 7.15. The second kappa shape index (κ2) is 9.92. The average Bonchev–Trinajstić information content (AvgIpc) is 3.33. The number of halogens is 6. The van der Waals surface area contributed by atoms with Crippen LogP contribution in [0.2, 0.25) is 0 Å². The van der Waals surface area contributed by atoms with Crippen molar-refractivity contribution in [2.45, 2.75) is 49.4 Å². The predicted molar refractivity (Wildman–Crippen MR) is 124 cm³/mol. The zero-order chi connectivity index (χ0) is 27.8. The van der Waals surface area contributed by atoms with E-state index in [1.165, 1.54) is 17.8 Å². The molecule has 0 saturated carbocycles. The minimum Gasteiger partial charge on any atom is -0.372 e. The summed E-state index contributed by atoms with van der Waals surface area (Å²) in [6.07, 6.45) is -9.34. The van der Waals surface area contributed by atoms with Crippen molar-refractivity contribution in [3.8, 4) is 0 Å². The van der Waals surface area contributed by atoms with E-state index in [0.29, 0.717) is 12.1 Å². The standard InChI is InChI=1S/C25H23F6N5O2/c1-16(17-10-19(24(26,27)28)12-20(11-17)25(29,30)31)38-14-22(18-6-4-3-5-7-18)8-9-23(32-2,13-33-22)36-15-34-35-21(36)37/h3-7,10-12,15-16,33H,8-9,13-14H2,1H3,(H,35,37)/t16-,22-,23-/m1/s1. The van der Waals surface area contributed by atoms with Crippen molar-refractivity contribution in [2.24, 2.45) is 0 Å². The lowest BCUT2D eigenvalue weighted by atomic mass is 9.79. The molecular formula is C25H23F6N5O2. The topological polar surface area (TPSA) is 76.3 Å². The number of rotatable bonds is 6. The van der Waals surface area contributed by atoms with Gasteiger partial charge in [0.1, 0.15) is 6.33 Å². The Morgan fingerprint density at radius 1 is 1.08 bits per heavy atom. The SMILES string of the molecule is [C-]#[N+][C@@]1(n2cn[nH]c2=O)CC[C@@](CO[C@H](C)c2cc(C(F)(F)F)cc(C(F)(F)F)c2)(c2ccccc2)NC1. The summed E-state index contributed by atoms with van der Waals surface area (Å²) < 4.78 is 87.1. The van der Waals surface area contributed by atoms with Crippen LogP contribution in [0.25, 0.3) is 4.85 Å². The highest BCUT2D eigenvalue weighted by Gasteiger charge is 2.50. The number of piperidine rings is 1. The number of H-pyrrole nitrogens is 1. The molecular weight excluding hydrogens is 516 g/mol. The molecule has 1 aliphatic heterocycles. The number of ether oxygens (including phenoxy) is 1. The van der Waals surface area contributed by atoms with Crippen LogP contribution >= 0.6 is 0 Å². The normalized spacial score (nSPS) is 23.1. The Morgan fingerprint density at radius 3 is 2.18 bits per heavy atom. The van der Waals surface area contributed by atoms with Crippen LogP contribution < -0.4 is 11.0 Å². The lowest BCUT2D eigenvalue weighted by Crippen LogP contribution is -2.59.